The van der Waals surface area contributed by atoms with Gasteiger partial charge in [0.2, 0.25) is 0 Å². The fourth-order valence-corrected chi connectivity index (χ4v) is 2.87. The fourth-order valence-electron chi connectivity index (χ4n) is 2.87. The van der Waals surface area contributed by atoms with Gasteiger partial charge in [0.1, 0.15) is 0 Å². The summed E-state index contributed by atoms with van der Waals surface area (Å²) in [7, 11) is 0. The molecule has 0 atom stereocenters. The Morgan fingerprint density at radius 1 is 0.765 bits per heavy atom. The molecule has 0 fully saturated rings. The van der Waals surface area contributed by atoms with Gasteiger partial charge in [-0.25, -0.2) is 9.59 Å². The Morgan fingerprint density at radius 2 is 1.24 bits per heavy atom. The number of cyclic esters (lactones) is 2. The normalized spacial score (nSPS) is 20.5. The second kappa shape index (κ2) is 2.86. The van der Waals surface area contributed by atoms with Crippen molar-refractivity contribution in [3.8, 4) is 0 Å². The molecule has 1 aliphatic heterocycles. The number of hydrogen-bond donors (Lipinski definition) is 0. The number of ether oxygens (including phenoxy) is 1. The molecule has 0 bridgehead atoms. The number of hydrogen-bond acceptors (Lipinski definition) is 3. The zero-order chi connectivity index (χ0) is 11.6. The minimum absolute atomic E-state index is 0.446. The van der Waals surface area contributed by atoms with E-state index < -0.39 is 11.9 Å². The number of esters is 2. The summed E-state index contributed by atoms with van der Waals surface area (Å²) in [6, 6.07) is 4.38. The first-order valence-electron chi connectivity index (χ1n) is 5.84. The number of carbonyl (C=O) groups is 2. The molecule has 0 aromatic heterocycles. The van der Waals surface area contributed by atoms with Crippen molar-refractivity contribution in [1.82, 2.24) is 0 Å². The van der Waals surface area contributed by atoms with Gasteiger partial charge < -0.3 is 4.74 Å². The van der Waals surface area contributed by atoms with Crippen LogP contribution >= 0.6 is 0 Å². The maximum absolute atomic E-state index is 11.5. The molecule has 3 heteroatoms. The fraction of sp³-hybridized carbons (Fsp3) is 0.286. The van der Waals surface area contributed by atoms with Gasteiger partial charge in [-0.15, -0.1) is 0 Å². The Labute approximate surface area is 98.1 Å². The summed E-state index contributed by atoms with van der Waals surface area (Å²) in [5.74, 6) is -0.892. The highest BCUT2D eigenvalue weighted by Gasteiger charge is 2.36. The lowest BCUT2D eigenvalue weighted by atomic mass is 9.79. The molecule has 1 heterocycles. The molecular formula is C14H10O3. The van der Waals surface area contributed by atoms with Crippen LogP contribution in [0, 0.1) is 0 Å². The molecular weight excluding hydrogens is 216 g/mol. The van der Waals surface area contributed by atoms with E-state index in [-0.39, 0.29) is 0 Å². The third kappa shape index (κ3) is 1.11. The first-order chi connectivity index (χ1) is 8.22. The summed E-state index contributed by atoms with van der Waals surface area (Å²) < 4.78 is 4.66. The lowest BCUT2D eigenvalue weighted by Gasteiger charge is -2.24. The molecule has 0 radical (unpaired) electrons. The van der Waals surface area contributed by atoms with Crippen molar-refractivity contribution >= 4 is 11.9 Å². The van der Waals surface area contributed by atoms with Crippen molar-refractivity contribution < 1.29 is 14.3 Å². The van der Waals surface area contributed by atoms with Crippen LogP contribution < -0.4 is 0 Å². The largest absolute Gasteiger partial charge is 0.386 e. The van der Waals surface area contributed by atoms with E-state index in [2.05, 4.69) is 16.9 Å². The quantitative estimate of drug-likeness (QED) is 0.494. The number of aryl methyl sites for hydroxylation is 2. The Morgan fingerprint density at radius 3 is 1.65 bits per heavy atom. The number of fused-ring (bicyclic) bond motifs is 2. The van der Waals surface area contributed by atoms with Gasteiger partial charge in [0, 0.05) is 12.8 Å². The third-order valence-corrected chi connectivity index (χ3v) is 3.96. The number of carbonyl (C=O) groups excluding carboxylic acids is 2. The van der Waals surface area contributed by atoms with E-state index in [1.54, 1.807) is 0 Å². The molecule has 4 rings (SSSR count). The number of benzene rings is 1. The molecule has 0 spiro atoms. The molecule has 1 aromatic rings. The van der Waals surface area contributed by atoms with E-state index in [0.29, 0.717) is 24.0 Å². The average Bonchev–Trinajstić information content (AvgIpc) is 2.56. The van der Waals surface area contributed by atoms with Gasteiger partial charge in [0.15, 0.2) is 0 Å². The Hall–Kier alpha value is -1.90. The van der Waals surface area contributed by atoms with Crippen molar-refractivity contribution in [1.29, 1.82) is 0 Å². The van der Waals surface area contributed by atoms with Crippen LogP contribution in [0.25, 0.3) is 0 Å². The second-order valence-corrected chi connectivity index (χ2v) is 4.88. The highest BCUT2D eigenvalue weighted by atomic mass is 16.6. The molecule has 1 aromatic carbocycles. The molecule has 17 heavy (non-hydrogen) atoms. The predicted molar refractivity (Wildman–Crippen MR) is 59.4 cm³/mol. The maximum atomic E-state index is 11.5. The molecule has 0 saturated heterocycles. The second-order valence-electron chi connectivity index (χ2n) is 4.88. The lowest BCUT2D eigenvalue weighted by Crippen LogP contribution is -2.16. The standard InChI is InChI=1S/C14H10O3/c15-13-11-5-9-3-7-1-2-8(7)4-10(9)6-12(11)14(16)17-13/h3-4H,1-2,5-6H2. The topological polar surface area (TPSA) is 43.4 Å². The average molecular weight is 226 g/mol. The highest BCUT2D eigenvalue weighted by Crippen LogP contribution is 2.35. The van der Waals surface area contributed by atoms with Gasteiger partial charge >= 0.3 is 11.9 Å². The summed E-state index contributed by atoms with van der Waals surface area (Å²) in [5, 5.41) is 0. The smallest absolute Gasteiger partial charge is 0.342 e. The van der Waals surface area contributed by atoms with E-state index in [0.717, 1.165) is 12.8 Å². The first kappa shape index (κ1) is 9.16. The minimum Gasteiger partial charge on any atom is -0.386 e. The van der Waals surface area contributed by atoms with Crippen LogP contribution in [0.4, 0.5) is 0 Å². The van der Waals surface area contributed by atoms with Gasteiger partial charge in [0.05, 0.1) is 11.1 Å². The van der Waals surface area contributed by atoms with Crippen LogP contribution in [-0.4, -0.2) is 11.9 Å². The van der Waals surface area contributed by atoms with Crippen molar-refractivity contribution in [3.05, 3.63) is 45.5 Å². The van der Waals surface area contributed by atoms with Gasteiger partial charge in [0.25, 0.3) is 0 Å². The van der Waals surface area contributed by atoms with Crippen LogP contribution in [0.3, 0.4) is 0 Å². The Bertz CT molecular complexity index is 570. The SMILES string of the molecule is O=C1OC(=O)C2=C1Cc1cc3c(cc1C2)CC3. The molecule has 0 saturated carbocycles. The summed E-state index contributed by atoms with van der Waals surface area (Å²) in [5.41, 5.74) is 6.31. The van der Waals surface area contributed by atoms with Crippen LogP contribution in [0.1, 0.15) is 22.3 Å². The van der Waals surface area contributed by atoms with Gasteiger partial charge in [-0.3, -0.25) is 0 Å². The van der Waals surface area contributed by atoms with Crippen molar-refractivity contribution in [2.45, 2.75) is 25.7 Å². The van der Waals surface area contributed by atoms with Crippen molar-refractivity contribution in [2.24, 2.45) is 0 Å². The van der Waals surface area contributed by atoms with Gasteiger partial charge in [-0.1, -0.05) is 12.1 Å². The van der Waals surface area contributed by atoms with Gasteiger partial charge in [-0.05, 0) is 35.1 Å². The molecule has 2 aliphatic carbocycles. The summed E-state index contributed by atoms with van der Waals surface area (Å²) >= 11 is 0. The van der Waals surface area contributed by atoms with Crippen LogP contribution in [0.5, 0.6) is 0 Å². The van der Waals surface area contributed by atoms with E-state index in [9.17, 15) is 9.59 Å². The lowest BCUT2D eigenvalue weighted by molar-refractivity contribution is -0.151. The van der Waals surface area contributed by atoms with Crippen molar-refractivity contribution in [2.75, 3.05) is 0 Å². The minimum atomic E-state index is -0.446. The number of rotatable bonds is 0. The highest BCUT2D eigenvalue weighted by molar-refractivity contribution is 6.13. The predicted octanol–water partition coefficient (Wildman–Crippen LogP) is 1.26. The van der Waals surface area contributed by atoms with Gasteiger partial charge in [-0.2, -0.15) is 0 Å². The molecule has 84 valence electrons. The van der Waals surface area contributed by atoms with E-state index in [1.165, 1.54) is 22.3 Å². The molecule has 0 unspecified atom stereocenters. The summed E-state index contributed by atoms with van der Waals surface area (Å²) in [4.78, 5) is 23.0. The Balaban J connectivity index is 1.85. The van der Waals surface area contributed by atoms with Crippen molar-refractivity contribution in [3.63, 3.8) is 0 Å². The molecule has 0 N–H and O–H groups in total. The van der Waals surface area contributed by atoms with Crippen LogP contribution in [-0.2, 0) is 40.0 Å². The Kier molecular flexibility index (Phi) is 1.54. The monoisotopic (exact) mass is 226 g/mol. The summed E-state index contributed by atoms with van der Waals surface area (Å²) in [6.45, 7) is 0. The summed E-state index contributed by atoms with van der Waals surface area (Å²) in [6.07, 6.45) is 3.39. The maximum Gasteiger partial charge on any atom is 0.342 e. The third-order valence-electron chi connectivity index (χ3n) is 3.96. The zero-order valence-corrected chi connectivity index (χ0v) is 9.21. The van der Waals surface area contributed by atoms with Crippen LogP contribution in [0.15, 0.2) is 23.3 Å². The molecule has 0 amide bonds. The van der Waals surface area contributed by atoms with E-state index in [4.69, 9.17) is 0 Å². The molecule has 3 nitrogen and oxygen atoms in total. The van der Waals surface area contributed by atoms with E-state index >= 15 is 0 Å². The first-order valence-corrected chi connectivity index (χ1v) is 5.84. The van der Waals surface area contributed by atoms with E-state index in [1.807, 2.05) is 0 Å². The molecule has 3 aliphatic rings. The van der Waals surface area contributed by atoms with Crippen LogP contribution in [0.2, 0.25) is 0 Å². The zero-order valence-electron chi connectivity index (χ0n) is 9.21.